The fraction of sp³-hybridized carbons (Fsp3) is 0.875. The summed E-state index contributed by atoms with van der Waals surface area (Å²) < 4.78 is 15.7. The molecule has 0 fully saturated rings. The van der Waals surface area contributed by atoms with E-state index in [9.17, 15) is 9.36 Å². The van der Waals surface area contributed by atoms with Crippen molar-refractivity contribution in [2.24, 2.45) is 5.41 Å². The molecule has 0 aliphatic heterocycles. The minimum Gasteiger partial charge on any atom is -0.466 e. The molecular formula is C8H17O5P. The van der Waals surface area contributed by atoms with Gasteiger partial charge < -0.3 is 14.5 Å². The molecule has 0 aromatic carbocycles. The van der Waals surface area contributed by atoms with Crippen molar-refractivity contribution in [3.63, 3.8) is 0 Å². The highest BCUT2D eigenvalue weighted by Gasteiger charge is 2.44. The lowest BCUT2D eigenvalue weighted by atomic mass is 9.90. The summed E-state index contributed by atoms with van der Waals surface area (Å²) >= 11 is 0. The molecule has 0 rings (SSSR count). The Kier molecular flexibility index (Phi) is 4.31. The highest BCUT2D eigenvalue weighted by molar-refractivity contribution is 7.52. The van der Waals surface area contributed by atoms with Crippen molar-refractivity contribution in [1.29, 1.82) is 0 Å². The fourth-order valence-electron chi connectivity index (χ4n) is 0.908. The first kappa shape index (κ1) is 13.6. The topological polar surface area (TPSA) is 83.8 Å². The molecule has 1 unspecified atom stereocenters. The first-order valence-electron chi connectivity index (χ1n) is 4.36. The Hall–Kier alpha value is -0.380. The number of carbonyl (C=O) groups is 1. The van der Waals surface area contributed by atoms with E-state index in [0.717, 1.165) is 0 Å². The maximum absolute atomic E-state index is 11.4. The zero-order valence-corrected chi connectivity index (χ0v) is 9.75. The maximum atomic E-state index is 11.4. The molecular weight excluding hydrogens is 207 g/mol. The van der Waals surface area contributed by atoms with Crippen LogP contribution in [0.2, 0.25) is 0 Å². The predicted octanol–water partition coefficient (Wildman–Crippen LogP) is 1.14. The largest absolute Gasteiger partial charge is 0.466 e. The molecule has 0 spiro atoms. The molecule has 0 bridgehead atoms. The highest BCUT2D eigenvalue weighted by atomic mass is 31.2. The van der Waals surface area contributed by atoms with Crippen molar-refractivity contribution >= 4 is 13.6 Å². The minimum absolute atomic E-state index is 0.205. The van der Waals surface area contributed by atoms with Crippen LogP contribution in [-0.4, -0.2) is 28.0 Å². The Morgan fingerprint density at radius 3 is 2.21 bits per heavy atom. The van der Waals surface area contributed by atoms with Crippen LogP contribution in [0.15, 0.2) is 0 Å². The van der Waals surface area contributed by atoms with Crippen LogP contribution in [0.4, 0.5) is 0 Å². The molecule has 0 aromatic heterocycles. The number of esters is 1. The molecule has 0 aliphatic rings. The molecule has 1 atom stereocenters. The van der Waals surface area contributed by atoms with Gasteiger partial charge in [-0.3, -0.25) is 9.36 Å². The van der Waals surface area contributed by atoms with E-state index < -0.39 is 24.6 Å². The quantitative estimate of drug-likeness (QED) is 0.552. The third-order valence-corrected chi connectivity index (χ3v) is 4.01. The molecule has 2 N–H and O–H groups in total. The summed E-state index contributed by atoms with van der Waals surface area (Å²) in [6.07, 6.45) is 0. The summed E-state index contributed by atoms with van der Waals surface area (Å²) in [4.78, 5) is 29.3. The molecule has 84 valence electrons. The van der Waals surface area contributed by atoms with Gasteiger partial charge >= 0.3 is 13.6 Å². The second-order valence-corrected chi connectivity index (χ2v) is 5.66. The second kappa shape index (κ2) is 4.43. The molecule has 5 nitrogen and oxygen atoms in total. The zero-order valence-electron chi connectivity index (χ0n) is 8.85. The average molecular weight is 224 g/mol. The molecule has 0 aliphatic carbocycles. The molecule has 14 heavy (non-hydrogen) atoms. The van der Waals surface area contributed by atoms with E-state index in [4.69, 9.17) is 14.5 Å². The summed E-state index contributed by atoms with van der Waals surface area (Å²) in [5.41, 5.74) is -2.22. The summed E-state index contributed by atoms with van der Waals surface area (Å²) in [6, 6.07) is 0. The van der Waals surface area contributed by atoms with Gasteiger partial charge in [-0.15, -0.1) is 0 Å². The van der Waals surface area contributed by atoms with Crippen molar-refractivity contribution in [1.82, 2.24) is 0 Å². The minimum atomic E-state index is -4.26. The molecule has 0 heterocycles. The number of hydrogen-bond donors (Lipinski definition) is 2. The van der Waals surface area contributed by atoms with Gasteiger partial charge in [0.2, 0.25) is 0 Å². The molecule has 0 aromatic rings. The van der Waals surface area contributed by atoms with E-state index in [2.05, 4.69) is 0 Å². The smallest absolute Gasteiger partial charge is 0.329 e. The van der Waals surface area contributed by atoms with E-state index in [-0.39, 0.29) is 6.61 Å². The van der Waals surface area contributed by atoms with Gasteiger partial charge in [0, 0.05) is 0 Å². The molecule has 0 saturated carbocycles. The van der Waals surface area contributed by atoms with Crippen molar-refractivity contribution in [3.05, 3.63) is 0 Å². The van der Waals surface area contributed by atoms with E-state index in [1.54, 1.807) is 6.92 Å². The lowest BCUT2D eigenvalue weighted by Gasteiger charge is -2.29. The standard InChI is InChI=1S/C8H17O5P/c1-5-13-7(9)8(3,4)6(2)14(10,11)12/h6H,5H2,1-4H3,(H2,10,11,12). The van der Waals surface area contributed by atoms with E-state index in [1.165, 1.54) is 20.8 Å². The Morgan fingerprint density at radius 2 is 1.93 bits per heavy atom. The average Bonchev–Trinajstić information content (AvgIpc) is 2.01. The van der Waals surface area contributed by atoms with E-state index in [0.29, 0.717) is 0 Å². The van der Waals surface area contributed by atoms with Crippen LogP contribution >= 0.6 is 7.60 Å². The zero-order chi connectivity index (χ0) is 11.6. The van der Waals surface area contributed by atoms with E-state index in [1.807, 2.05) is 0 Å². The van der Waals surface area contributed by atoms with Gasteiger partial charge in [-0.2, -0.15) is 0 Å². The third-order valence-electron chi connectivity index (χ3n) is 2.35. The van der Waals surface area contributed by atoms with Gasteiger partial charge in [-0.25, -0.2) is 0 Å². The van der Waals surface area contributed by atoms with Crippen LogP contribution < -0.4 is 0 Å². The van der Waals surface area contributed by atoms with Crippen LogP contribution in [0.25, 0.3) is 0 Å². The Morgan fingerprint density at radius 1 is 1.50 bits per heavy atom. The van der Waals surface area contributed by atoms with Crippen LogP contribution in [0.1, 0.15) is 27.7 Å². The van der Waals surface area contributed by atoms with Gasteiger partial charge in [0.05, 0.1) is 17.7 Å². The van der Waals surface area contributed by atoms with Gasteiger partial charge in [0.1, 0.15) is 0 Å². The monoisotopic (exact) mass is 224 g/mol. The first-order valence-corrected chi connectivity index (χ1v) is 6.04. The van der Waals surface area contributed by atoms with Gasteiger partial charge in [-0.1, -0.05) is 0 Å². The summed E-state index contributed by atoms with van der Waals surface area (Å²) in [7, 11) is -4.26. The number of rotatable bonds is 4. The van der Waals surface area contributed by atoms with Crippen molar-refractivity contribution < 1.29 is 23.9 Å². The molecule has 0 amide bonds. The van der Waals surface area contributed by atoms with Gasteiger partial charge in [-0.05, 0) is 27.7 Å². The number of carbonyl (C=O) groups excluding carboxylic acids is 1. The lowest BCUT2D eigenvalue weighted by Crippen LogP contribution is -2.36. The number of ether oxygens (including phenoxy) is 1. The summed E-state index contributed by atoms with van der Waals surface area (Å²) in [6.45, 7) is 6.13. The fourth-order valence-corrected chi connectivity index (χ4v) is 1.85. The predicted molar refractivity (Wildman–Crippen MR) is 51.9 cm³/mol. The third kappa shape index (κ3) is 3.08. The van der Waals surface area contributed by atoms with Crippen LogP contribution in [0.3, 0.4) is 0 Å². The Labute approximate surface area is 83.6 Å². The van der Waals surface area contributed by atoms with E-state index >= 15 is 0 Å². The van der Waals surface area contributed by atoms with Crippen LogP contribution in [0.5, 0.6) is 0 Å². The summed E-state index contributed by atoms with van der Waals surface area (Å²) in [5, 5.41) is 0. The van der Waals surface area contributed by atoms with Crippen LogP contribution in [0, 0.1) is 5.41 Å². The lowest BCUT2D eigenvalue weighted by molar-refractivity contribution is -0.153. The van der Waals surface area contributed by atoms with Crippen LogP contribution in [-0.2, 0) is 14.1 Å². The van der Waals surface area contributed by atoms with Gasteiger partial charge in [0.15, 0.2) is 0 Å². The second-order valence-electron chi connectivity index (χ2n) is 3.71. The SMILES string of the molecule is CCOC(=O)C(C)(C)C(C)P(=O)(O)O. The highest BCUT2D eigenvalue weighted by Crippen LogP contribution is 2.49. The summed E-state index contributed by atoms with van der Waals surface area (Å²) in [5.74, 6) is -0.587. The van der Waals surface area contributed by atoms with Crippen molar-refractivity contribution in [3.8, 4) is 0 Å². The molecule has 0 radical (unpaired) electrons. The number of hydrogen-bond acceptors (Lipinski definition) is 3. The Balaban J connectivity index is 4.78. The molecule has 6 heteroatoms. The Bertz CT molecular complexity index is 254. The normalized spacial score (nSPS) is 15.0. The maximum Gasteiger partial charge on any atom is 0.329 e. The van der Waals surface area contributed by atoms with Crippen molar-refractivity contribution in [2.75, 3.05) is 6.61 Å². The first-order chi connectivity index (χ1) is 6.14. The molecule has 0 saturated heterocycles. The van der Waals surface area contributed by atoms with Crippen molar-refractivity contribution in [2.45, 2.75) is 33.4 Å². The van der Waals surface area contributed by atoms with Gasteiger partial charge in [0.25, 0.3) is 0 Å².